The first-order valence-corrected chi connectivity index (χ1v) is 0. The van der Waals surface area contributed by atoms with Gasteiger partial charge in [-0.2, -0.15) is 0 Å². The number of hydrogen-bond acceptors (Lipinski definition) is 5. The van der Waals surface area contributed by atoms with Gasteiger partial charge in [0.25, 0.3) is 0 Å². The van der Waals surface area contributed by atoms with Crippen molar-refractivity contribution in [3.8, 4) is 0 Å². The van der Waals surface area contributed by atoms with Crippen LogP contribution in [0, 0.1) is 0 Å². The molecule has 5 nitrogen and oxygen atoms in total. The summed E-state index contributed by atoms with van der Waals surface area (Å²) < 4.78 is 0. The topological polar surface area (TPSA) is 150 Å². The molecule has 0 radical (unpaired) electrons. The van der Waals surface area contributed by atoms with Gasteiger partial charge in [-0.1, -0.05) is 0 Å². The number of rotatable bonds is 0. The van der Waals surface area contributed by atoms with E-state index in [1.165, 1.54) is 0 Å². The Morgan fingerprint density at radius 1 is 0.429 bits per heavy atom. The van der Waals surface area contributed by atoms with Crippen LogP contribution in [0.1, 0.15) is 0 Å². The maximum Gasteiger partial charge on any atom is 3.00 e. The molecule has 0 aromatic carbocycles. The Balaban J connectivity index is 0. The van der Waals surface area contributed by atoms with Gasteiger partial charge in [0, 0.05) is 0 Å². The van der Waals surface area contributed by atoms with E-state index in [4.69, 9.17) is 0 Å². The van der Waals surface area contributed by atoms with Crippen LogP contribution in [-0.2, 0) is 19.5 Å². The van der Waals surface area contributed by atoms with Crippen molar-refractivity contribution >= 4 is 8.41 Å². The summed E-state index contributed by atoms with van der Waals surface area (Å²) in [6.07, 6.45) is 0. The minimum Gasteiger partial charge on any atom is -0.870 e. The molecule has 0 aliphatic carbocycles. The van der Waals surface area contributed by atoms with Gasteiger partial charge in [0.15, 0.2) is 0 Å². The molecule has 0 aromatic heterocycles. The summed E-state index contributed by atoms with van der Waals surface area (Å²) in [6.45, 7) is 0. The molecule has 0 amide bonds. The monoisotopic (exact) mass is 160 g/mol. The van der Waals surface area contributed by atoms with Gasteiger partial charge in [-0.15, -0.1) is 0 Å². The Bertz CT molecular complexity index is 8.04. The van der Waals surface area contributed by atoms with Gasteiger partial charge in [-0.3, -0.25) is 0 Å². The average molecular weight is 161 g/mol. The van der Waals surface area contributed by atoms with E-state index in [9.17, 15) is 0 Å². The standard InChI is InChI=1S/B.5H2O.Zn/h;5*1H2;/q+3;;;;;;+2/p-5. The van der Waals surface area contributed by atoms with Crippen molar-refractivity contribution in [3.63, 3.8) is 0 Å². The van der Waals surface area contributed by atoms with Crippen LogP contribution < -0.4 is 0 Å². The molecule has 0 saturated heterocycles. The summed E-state index contributed by atoms with van der Waals surface area (Å²) in [5.41, 5.74) is 0. The van der Waals surface area contributed by atoms with Crippen molar-refractivity contribution in [1.82, 2.24) is 0 Å². The Hall–Kier alpha value is 0.488. The molecule has 0 bridgehead atoms. The number of hydrogen-bond donors (Lipinski definition) is 0. The Morgan fingerprint density at radius 2 is 0.429 bits per heavy atom. The summed E-state index contributed by atoms with van der Waals surface area (Å²) in [4.78, 5) is 0. The Kier molecular flexibility index (Phi) is 155000. The third-order valence-corrected chi connectivity index (χ3v) is 0. The van der Waals surface area contributed by atoms with Crippen LogP contribution in [0.3, 0.4) is 0 Å². The van der Waals surface area contributed by atoms with Crippen molar-refractivity contribution in [3.05, 3.63) is 0 Å². The van der Waals surface area contributed by atoms with Gasteiger partial charge < -0.3 is 27.4 Å². The summed E-state index contributed by atoms with van der Waals surface area (Å²) in [5, 5.41) is 0. The summed E-state index contributed by atoms with van der Waals surface area (Å²) in [7, 11) is 0. The van der Waals surface area contributed by atoms with Crippen molar-refractivity contribution in [2.24, 2.45) is 0 Å². The van der Waals surface area contributed by atoms with Crippen LogP contribution in [0.5, 0.6) is 0 Å². The van der Waals surface area contributed by atoms with Crippen LogP contribution in [0.15, 0.2) is 0 Å². The molecule has 7 heteroatoms. The summed E-state index contributed by atoms with van der Waals surface area (Å²) in [6, 6.07) is 0. The molecule has 0 saturated carbocycles. The molecule has 0 aliphatic heterocycles. The van der Waals surface area contributed by atoms with E-state index in [1.807, 2.05) is 0 Å². The van der Waals surface area contributed by atoms with Gasteiger partial charge in [0.1, 0.15) is 0 Å². The fourth-order valence-corrected chi connectivity index (χ4v) is 0. The molecule has 0 unspecified atom stereocenters. The van der Waals surface area contributed by atoms with E-state index in [0.717, 1.165) is 0 Å². The first kappa shape index (κ1) is 1320. The van der Waals surface area contributed by atoms with Gasteiger partial charge in [-0.05, 0) is 0 Å². The second kappa shape index (κ2) is 820. The molecule has 0 rings (SSSR count). The summed E-state index contributed by atoms with van der Waals surface area (Å²) in [5.74, 6) is 0. The van der Waals surface area contributed by atoms with Crippen molar-refractivity contribution in [1.29, 1.82) is 0 Å². The fraction of sp³-hybridized carbons (Fsp3) is 0. The van der Waals surface area contributed by atoms with E-state index in [-0.39, 0.29) is 55.3 Å². The van der Waals surface area contributed by atoms with E-state index >= 15 is 0 Å². The third kappa shape index (κ3) is 548. The summed E-state index contributed by atoms with van der Waals surface area (Å²) >= 11 is 0. The zero-order valence-electron chi connectivity index (χ0n) is 3.52. The SMILES string of the molecule is [B+3].[OH-].[OH-].[OH-].[OH-].[OH-].[Zn+2]. The molecule has 0 aromatic rings. The van der Waals surface area contributed by atoms with Gasteiger partial charge in [0.2, 0.25) is 0 Å². The van der Waals surface area contributed by atoms with Crippen molar-refractivity contribution < 1.29 is 46.9 Å². The zero-order valence-corrected chi connectivity index (χ0v) is 6.49. The Morgan fingerprint density at radius 3 is 0.429 bits per heavy atom. The smallest absolute Gasteiger partial charge is 0.870 e. The van der Waals surface area contributed by atoms with Crippen LogP contribution in [0.2, 0.25) is 0 Å². The molecular formula is H5BO5Zn. The van der Waals surface area contributed by atoms with E-state index in [2.05, 4.69) is 0 Å². The first-order chi connectivity index (χ1) is 0. The fourth-order valence-electron chi connectivity index (χ4n) is 0. The van der Waals surface area contributed by atoms with Gasteiger partial charge in [-0.25, -0.2) is 0 Å². The first-order valence-electron chi connectivity index (χ1n) is 0. The van der Waals surface area contributed by atoms with Gasteiger partial charge in [0.05, 0.1) is 0 Å². The quantitative estimate of drug-likeness (QED) is 0.406. The molecule has 0 fully saturated rings. The second-order valence-corrected chi connectivity index (χ2v) is 0. The molecule has 40 valence electrons. The maximum atomic E-state index is 0. The average Bonchev–Trinajstić information content (AvgIpc) is 0. The van der Waals surface area contributed by atoms with E-state index < -0.39 is 0 Å². The minimum absolute atomic E-state index is 0. The zero-order chi connectivity index (χ0) is 0. The minimum atomic E-state index is 0. The van der Waals surface area contributed by atoms with Crippen LogP contribution in [0.4, 0.5) is 0 Å². The van der Waals surface area contributed by atoms with E-state index in [0.29, 0.717) is 0 Å². The van der Waals surface area contributed by atoms with Gasteiger partial charge >= 0.3 is 27.9 Å². The molecule has 5 N–H and O–H groups in total. The predicted molar refractivity (Wildman–Crippen MR) is 15.4 cm³/mol. The molecule has 0 atom stereocenters. The third-order valence-electron chi connectivity index (χ3n) is 0. The molecule has 0 aliphatic rings. The van der Waals surface area contributed by atoms with Crippen LogP contribution in [0.25, 0.3) is 0 Å². The normalized spacial score (nSPS) is 0. The second-order valence-electron chi connectivity index (χ2n) is 0. The molecular weight excluding hydrogens is 156 g/mol. The molecule has 0 heterocycles. The van der Waals surface area contributed by atoms with Crippen LogP contribution in [-0.4, -0.2) is 35.8 Å². The van der Waals surface area contributed by atoms with Crippen molar-refractivity contribution in [2.45, 2.75) is 0 Å². The predicted octanol–water partition coefficient (Wildman–Crippen LogP) is -1.27. The maximum absolute atomic E-state index is 0. The Labute approximate surface area is 56.0 Å². The van der Waals surface area contributed by atoms with E-state index in [1.54, 1.807) is 0 Å². The molecule has 0 spiro atoms. The van der Waals surface area contributed by atoms with Crippen LogP contribution >= 0.6 is 0 Å². The largest absolute Gasteiger partial charge is 3.00 e. The molecule has 7 heavy (non-hydrogen) atoms. The van der Waals surface area contributed by atoms with Crippen molar-refractivity contribution in [2.75, 3.05) is 0 Å².